The van der Waals surface area contributed by atoms with Crippen molar-refractivity contribution in [2.45, 2.75) is 30.0 Å². The minimum Gasteiger partial charge on any atom is -0.258 e. The Morgan fingerprint density at radius 2 is 2.00 bits per heavy atom. The van der Waals surface area contributed by atoms with Crippen molar-refractivity contribution < 1.29 is 13.3 Å². The highest BCUT2D eigenvalue weighted by molar-refractivity contribution is 7.89. The van der Waals surface area contributed by atoms with E-state index in [2.05, 4.69) is 0 Å². The van der Waals surface area contributed by atoms with Gasteiger partial charge in [0, 0.05) is 31.1 Å². The summed E-state index contributed by atoms with van der Waals surface area (Å²) in [4.78, 5) is 10.4. The number of nitrogens with zero attached hydrogens (tertiary/aromatic N) is 2. The van der Waals surface area contributed by atoms with Crippen LogP contribution in [0.2, 0.25) is 0 Å². The maximum absolute atomic E-state index is 12.0. The van der Waals surface area contributed by atoms with Crippen LogP contribution in [0.25, 0.3) is 0 Å². The van der Waals surface area contributed by atoms with Crippen molar-refractivity contribution in [1.29, 1.82) is 0 Å². The second-order valence-corrected chi connectivity index (χ2v) is 7.31. The maximum atomic E-state index is 12.0. The van der Waals surface area contributed by atoms with Crippen LogP contribution in [0.5, 0.6) is 0 Å². The molecule has 20 heavy (non-hydrogen) atoms. The standard InChI is InChI=1S/C12H17ClN2O4S/c1-4-10(13)7-9-5-6-11(8-12(9)15(16)17)20(18,19)14(2)3/h5-6,8,10H,4,7H2,1-3H3. The Hall–Kier alpha value is -1.18. The van der Waals surface area contributed by atoms with Crippen LogP contribution in [0.1, 0.15) is 18.9 Å². The monoisotopic (exact) mass is 320 g/mol. The summed E-state index contributed by atoms with van der Waals surface area (Å²) in [6.07, 6.45) is 1.01. The zero-order valence-corrected chi connectivity index (χ0v) is 13.1. The van der Waals surface area contributed by atoms with E-state index in [-0.39, 0.29) is 16.0 Å². The van der Waals surface area contributed by atoms with E-state index in [0.717, 1.165) is 10.4 Å². The van der Waals surface area contributed by atoms with Crippen molar-refractivity contribution in [1.82, 2.24) is 4.31 Å². The van der Waals surface area contributed by atoms with Crippen LogP contribution in [0.15, 0.2) is 23.1 Å². The Kier molecular flexibility index (Phi) is 5.50. The van der Waals surface area contributed by atoms with Gasteiger partial charge in [0.05, 0.1) is 9.82 Å². The molecule has 0 fully saturated rings. The smallest absolute Gasteiger partial charge is 0.258 e. The molecule has 0 N–H and O–H groups in total. The van der Waals surface area contributed by atoms with Crippen LogP contribution in [0.3, 0.4) is 0 Å². The fourth-order valence-electron chi connectivity index (χ4n) is 1.64. The van der Waals surface area contributed by atoms with Gasteiger partial charge in [0.2, 0.25) is 10.0 Å². The molecule has 0 amide bonds. The third-order valence-electron chi connectivity index (χ3n) is 2.92. The maximum Gasteiger partial charge on any atom is 0.273 e. The van der Waals surface area contributed by atoms with Gasteiger partial charge in [-0.1, -0.05) is 13.0 Å². The van der Waals surface area contributed by atoms with Crippen LogP contribution in [0.4, 0.5) is 5.69 Å². The van der Waals surface area contributed by atoms with E-state index in [0.29, 0.717) is 18.4 Å². The van der Waals surface area contributed by atoms with Crippen molar-refractivity contribution in [3.63, 3.8) is 0 Å². The number of halogens is 1. The summed E-state index contributed by atoms with van der Waals surface area (Å²) in [6.45, 7) is 1.88. The van der Waals surface area contributed by atoms with Gasteiger partial charge in [-0.15, -0.1) is 11.6 Å². The highest BCUT2D eigenvalue weighted by Gasteiger charge is 2.23. The molecule has 0 spiro atoms. The molecule has 1 unspecified atom stereocenters. The normalized spacial score (nSPS) is 13.4. The molecule has 0 saturated heterocycles. The van der Waals surface area contributed by atoms with E-state index in [9.17, 15) is 18.5 Å². The molecular formula is C12H17ClN2O4S. The second kappa shape index (κ2) is 6.51. The van der Waals surface area contributed by atoms with Crippen LogP contribution in [-0.4, -0.2) is 37.1 Å². The van der Waals surface area contributed by atoms with Crippen molar-refractivity contribution in [2.24, 2.45) is 0 Å². The predicted octanol–water partition coefficient (Wildman–Crippen LogP) is 2.41. The molecule has 1 aromatic carbocycles. The average molecular weight is 321 g/mol. The average Bonchev–Trinajstić information content (AvgIpc) is 2.38. The van der Waals surface area contributed by atoms with Crippen molar-refractivity contribution >= 4 is 27.3 Å². The molecule has 0 saturated carbocycles. The molecule has 0 heterocycles. The molecule has 0 aliphatic carbocycles. The molecule has 0 aliphatic heterocycles. The summed E-state index contributed by atoms with van der Waals surface area (Å²) < 4.78 is 25.0. The van der Waals surface area contributed by atoms with Crippen molar-refractivity contribution in [3.8, 4) is 0 Å². The molecular weight excluding hydrogens is 304 g/mol. The lowest BCUT2D eigenvalue weighted by Crippen LogP contribution is -2.22. The second-order valence-electron chi connectivity index (χ2n) is 4.54. The first-order chi connectivity index (χ1) is 9.20. The summed E-state index contributed by atoms with van der Waals surface area (Å²) in [5.74, 6) is 0. The summed E-state index contributed by atoms with van der Waals surface area (Å²) in [6, 6.07) is 3.92. The lowest BCUT2D eigenvalue weighted by atomic mass is 10.1. The van der Waals surface area contributed by atoms with Crippen LogP contribution >= 0.6 is 11.6 Å². The number of benzene rings is 1. The zero-order chi connectivity index (χ0) is 15.5. The number of sulfonamides is 1. The molecule has 0 radical (unpaired) electrons. The van der Waals surface area contributed by atoms with Gasteiger partial charge >= 0.3 is 0 Å². The van der Waals surface area contributed by atoms with Crippen LogP contribution in [-0.2, 0) is 16.4 Å². The fourth-order valence-corrected chi connectivity index (χ4v) is 2.73. The molecule has 0 aromatic heterocycles. The van der Waals surface area contributed by atoms with Crippen LogP contribution in [0, 0.1) is 10.1 Å². The number of hydrogen-bond acceptors (Lipinski definition) is 4. The Morgan fingerprint density at radius 3 is 2.45 bits per heavy atom. The van der Waals surface area contributed by atoms with E-state index in [1.165, 1.54) is 26.2 Å². The first-order valence-corrected chi connectivity index (χ1v) is 7.91. The first kappa shape index (κ1) is 16.9. The van der Waals surface area contributed by atoms with Gasteiger partial charge in [0.1, 0.15) is 0 Å². The third kappa shape index (κ3) is 3.68. The summed E-state index contributed by atoms with van der Waals surface area (Å²) >= 11 is 6.01. The largest absolute Gasteiger partial charge is 0.273 e. The van der Waals surface area contributed by atoms with Gasteiger partial charge in [-0.25, -0.2) is 12.7 Å². The van der Waals surface area contributed by atoms with Gasteiger partial charge in [-0.2, -0.15) is 0 Å². The molecule has 1 aromatic rings. The van der Waals surface area contributed by atoms with Gasteiger partial charge in [-0.3, -0.25) is 10.1 Å². The lowest BCUT2D eigenvalue weighted by Gasteiger charge is -2.13. The third-order valence-corrected chi connectivity index (χ3v) is 5.19. The minimum absolute atomic E-state index is 0.0967. The summed E-state index contributed by atoms with van der Waals surface area (Å²) in [7, 11) is -0.936. The molecule has 1 rings (SSSR count). The Morgan fingerprint density at radius 1 is 1.40 bits per heavy atom. The van der Waals surface area contributed by atoms with E-state index in [4.69, 9.17) is 11.6 Å². The Balaban J connectivity index is 3.31. The molecule has 8 heteroatoms. The first-order valence-electron chi connectivity index (χ1n) is 6.04. The fraction of sp³-hybridized carbons (Fsp3) is 0.500. The predicted molar refractivity (Wildman–Crippen MR) is 77.6 cm³/mol. The summed E-state index contributed by atoms with van der Waals surface area (Å²) in [5, 5.41) is 10.9. The SMILES string of the molecule is CCC(Cl)Cc1ccc(S(=O)(=O)N(C)C)cc1[N+](=O)[O-]. The van der Waals surface area contributed by atoms with Crippen molar-refractivity contribution in [2.75, 3.05) is 14.1 Å². The van der Waals surface area contributed by atoms with Gasteiger partial charge in [-0.05, 0) is 18.9 Å². The van der Waals surface area contributed by atoms with Crippen LogP contribution < -0.4 is 0 Å². The zero-order valence-electron chi connectivity index (χ0n) is 11.5. The van der Waals surface area contributed by atoms with E-state index < -0.39 is 14.9 Å². The minimum atomic E-state index is -3.69. The topological polar surface area (TPSA) is 80.5 Å². The highest BCUT2D eigenvalue weighted by atomic mass is 35.5. The van der Waals surface area contributed by atoms with E-state index >= 15 is 0 Å². The number of hydrogen-bond donors (Lipinski definition) is 0. The quantitative estimate of drug-likeness (QED) is 0.458. The molecule has 6 nitrogen and oxygen atoms in total. The van der Waals surface area contributed by atoms with Gasteiger partial charge in [0.25, 0.3) is 5.69 Å². The number of nitro benzene ring substituents is 1. The lowest BCUT2D eigenvalue weighted by molar-refractivity contribution is -0.385. The van der Waals surface area contributed by atoms with Crippen molar-refractivity contribution in [3.05, 3.63) is 33.9 Å². The van der Waals surface area contributed by atoms with E-state index in [1.54, 1.807) is 0 Å². The molecule has 1 atom stereocenters. The summed E-state index contributed by atoms with van der Waals surface area (Å²) in [5.41, 5.74) is 0.224. The molecule has 112 valence electrons. The van der Waals surface area contributed by atoms with Gasteiger partial charge < -0.3 is 0 Å². The molecule has 0 aliphatic rings. The highest BCUT2D eigenvalue weighted by Crippen LogP contribution is 2.26. The Labute approximate surface area is 123 Å². The number of alkyl halides is 1. The molecule has 0 bridgehead atoms. The van der Waals surface area contributed by atoms with E-state index in [1.807, 2.05) is 6.92 Å². The number of rotatable bonds is 6. The number of nitro groups is 1. The van der Waals surface area contributed by atoms with Gasteiger partial charge in [0.15, 0.2) is 0 Å². The Bertz CT molecular complexity index is 601.